The smallest absolute Gasteiger partial charge is 0.121 e. The average molecular weight is 294 g/mol. The van der Waals surface area contributed by atoms with E-state index in [-0.39, 0.29) is 6.04 Å². The van der Waals surface area contributed by atoms with Crippen LogP contribution in [0.4, 0.5) is 0 Å². The van der Waals surface area contributed by atoms with Gasteiger partial charge in [-0.1, -0.05) is 30.3 Å². The van der Waals surface area contributed by atoms with Crippen molar-refractivity contribution in [1.82, 2.24) is 0 Å². The third kappa shape index (κ3) is 5.17. The molecule has 22 heavy (non-hydrogen) atoms. The molecule has 2 rings (SSSR count). The van der Waals surface area contributed by atoms with Gasteiger partial charge in [-0.2, -0.15) is 0 Å². The summed E-state index contributed by atoms with van der Waals surface area (Å²) >= 11 is 0. The maximum absolute atomic E-state index is 5.90. The van der Waals surface area contributed by atoms with Crippen LogP contribution in [0.25, 0.3) is 0 Å². The van der Waals surface area contributed by atoms with Crippen molar-refractivity contribution in [3.63, 3.8) is 0 Å². The van der Waals surface area contributed by atoms with Crippen LogP contribution in [0.5, 0.6) is 5.75 Å². The van der Waals surface area contributed by atoms with Gasteiger partial charge in [0, 0.05) is 25.5 Å². The molecule has 0 N–H and O–H groups in total. The molecule has 0 aromatic heterocycles. The Morgan fingerprint density at radius 3 is 2.32 bits per heavy atom. The number of benzene rings is 2. The molecule has 0 saturated heterocycles. The number of hydrogen-bond donors (Lipinski definition) is 0. The first-order chi connectivity index (χ1) is 10.7. The molecule has 0 heterocycles. The first kappa shape index (κ1) is 16.0. The molecule has 0 aliphatic carbocycles. The molecule has 0 unspecified atom stereocenters. The van der Waals surface area contributed by atoms with E-state index in [0.29, 0.717) is 6.61 Å². The van der Waals surface area contributed by atoms with Crippen molar-refractivity contribution in [3.8, 4) is 5.75 Å². The van der Waals surface area contributed by atoms with E-state index < -0.39 is 0 Å². The van der Waals surface area contributed by atoms with Gasteiger partial charge in [-0.15, -0.1) is 0 Å². The number of rotatable bonds is 6. The zero-order chi connectivity index (χ0) is 15.8. The Bertz CT molecular complexity index is 646. The van der Waals surface area contributed by atoms with Crippen molar-refractivity contribution in [2.45, 2.75) is 26.5 Å². The highest BCUT2D eigenvalue weighted by atomic mass is 16.5. The highest BCUT2D eigenvalue weighted by Crippen LogP contribution is 2.17. The third-order valence-corrected chi connectivity index (χ3v) is 3.00. The van der Waals surface area contributed by atoms with Crippen LogP contribution in [0.1, 0.15) is 30.5 Å². The number of ether oxygens (including phenoxy) is 1. The third-order valence-electron chi connectivity index (χ3n) is 3.00. The zero-order valence-corrected chi connectivity index (χ0v) is 13.4. The van der Waals surface area contributed by atoms with Crippen molar-refractivity contribution in [2.24, 2.45) is 9.98 Å². The van der Waals surface area contributed by atoms with E-state index >= 15 is 0 Å². The minimum Gasteiger partial charge on any atom is -0.489 e. The van der Waals surface area contributed by atoms with Crippen molar-refractivity contribution in [3.05, 3.63) is 65.2 Å². The predicted molar refractivity (Wildman–Crippen MR) is 93.5 cm³/mol. The van der Waals surface area contributed by atoms with Gasteiger partial charge in [0.25, 0.3) is 0 Å². The summed E-state index contributed by atoms with van der Waals surface area (Å²) in [7, 11) is 1.76. The Balaban J connectivity index is 2.18. The Morgan fingerprint density at radius 2 is 1.68 bits per heavy atom. The Hall–Kier alpha value is -2.42. The van der Waals surface area contributed by atoms with Crippen LogP contribution in [-0.4, -0.2) is 25.5 Å². The maximum Gasteiger partial charge on any atom is 0.121 e. The summed E-state index contributed by atoms with van der Waals surface area (Å²) in [6, 6.07) is 16.5. The van der Waals surface area contributed by atoms with Crippen LogP contribution >= 0.6 is 0 Å². The van der Waals surface area contributed by atoms with Crippen LogP contribution in [-0.2, 0) is 6.61 Å². The second-order valence-corrected chi connectivity index (χ2v) is 5.37. The molecule has 0 aliphatic rings. The van der Waals surface area contributed by atoms with Crippen LogP contribution in [0.15, 0.2) is 58.5 Å². The van der Waals surface area contributed by atoms with E-state index in [4.69, 9.17) is 4.74 Å². The first-order valence-corrected chi connectivity index (χ1v) is 7.44. The summed E-state index contributed by atoms with van der Waals surface area (Å²) in [5, 5.41) is 0. The van der Waals surface area contributed by atoms with E-state index in [1.165, 1.54) is 0 Å². The Labute approximate surface area is 132 Å². The van der Waals surface area contributed by atoms with E-state index in [9.17, 15) is 0 Å². The molecule has 0 amide bonds. The van der Waals surface area contributed by atoms with Gasteiger partial charge in [-0.3, -0.25) is 9.98 Å². The summed E-state index contributed by atoms with van der Waals surface area (Å²) in [6.07, 6.45) is 3.70. The minimum atomic E-state index is 0.275. The molecule has 2 aromatic rings. The highest BCUT2D eigenvalue weighted by molar-refractivity contribution is 5.87. The van der Waals surface area contributed by atoms with Crippen molar-refractivity contribution < 1.29 is 4.74 Å². The van der Waals surface area contributed by atoms with Gasteiger partial charge in [-0.25, -0.2) is 0 Å². The fraction of sp³-hybridized carbons (Fsp3) is 0.263. The second kappa shape index (κ2) is 8.13. The van der Waals surface area contributed by atoms with Crippen molar-refractivity contribution >= 4 is 12.4 Å². The largest absolute Gasteiger partial charge is 0.489 e. The SMILES string of the molecule is CN=Cc1cc(C=NC(C)C)cc(OCc2ccccc2)c1. The van der Waals surface area contributed by atoms with E-state index in [0.717, 1.165) is 22.4 Å². The van der Waals surface area contributed by atoms with Crippen molar-refractivity contribution in [1.29, 1.82) is 0 Å². The summed E-state index contributed by atoms with van der Waals surface area (Å²) in [4.78, 5) is 8.51. The predicted octanol–water partition coefficient (Wildman–Crippen LogP) is 4.14. The molecule has 0 spiro atoms. The highest BCUT2D eigenvalue weighted by Gasteiger charge is 2.01. The fourth-order valence-corrected chi connectivity index (χ4v) is 2.00. The standard InChI is InChI=1S/C19H22N2O/c1-15(2)21-13-18-9-17(12-20-3)10-19(11-18)22-14-16-7-5-4-6-8-16/h4-13,15H,14H2,1-3H3. The van der Waals surface area contributed by atoms with Gasteiger partial charge in [-0.05, 0) is 48.7 Å². The van der Waals surface area contributed by atoms with Gasteiger partial charge < -0.3 is 4.74 Å². The van der Waals surface area contributed by atoms with E-state index in [2.05, 4.69) is 36.0 Å². The Morgan fingerprint density at radius 1 is 1.00 bits per heavy atom. The molecule has 3 heteroatoms. The molecule has 114 valence electrons. The molecule has 0 saturated carbocycles. The summed E-state index contributed by atoms with van der Waals surface area (Å²) in [5.74, 6) is 0.825. The Kier molecular flexibility index (Phi) is 5.90. The van der Waals surface area contributed by atoms with Crippen LogP contribution in [0.2, 0.25) is 0 Å². The fourth-order valence-electron chi connectivity index (χ4n) is 2.00. The van der Waals surface area contributed by atoms with Gasteiger partial charge in [0.1, 0.15) is 12.4 Å². The summed E-state index contributed by atoms with van der Waals surface area (Å²) in [6.45, 7) is 4.66. The lowest BCUT2D eigenvalue weighted by Crippen LogP contribution is -1.98. The quantitative estimate of drug-likeness (QED) is 0.737. The van der Waals surface area contributed by atoms with Gasteiger partial charge in [0.05, 0.1) is 0 Å². The van der Waals surface area contributed by atoms with E-state index in [1.807, 2.05) is 48.8 Å². The maximum atomic E-state index is 5.90. The lowest BCUT2D eigenvalue weighted by molar-refractivity contribution is 0.306. The van der Waals surface area contributed by atoms with Crippen LogP contribution in [0, 0.1) is 0 Å². The van der Waals surface area contributed by atoms with Crippen LogP contribution < -0.4 is 4.74 Å². The number of hydrogen-bond acceptors (Lipinski definition) is 3. The van der Waals surface area contributed by atoms with E-state index in [1.54, 1.807) is 7.05 Å². The first-order valence-electron chi connectivity index (χ1n) is 7.44. The minimum absolute atomic E-state index is 0.275. The summed E-state index contributed by atoms with van der Waals surface area (Å²) in [5.41, 5.74) is 3.18. The lowest BCUT2D eigenvalue weighted by atomic mass is 10.1. The molecule has 0 bridgehead atoms. The molecule has 0 atom stereocenters. The van der Waals surface area contributed by atoms with Gasteiger partial charge in [0.15, 0.2) is 0 Å². The molecule has 2 aromatic carbocycles. The molecule has 0 fully saturated rings. The normalized spacial score (nSPS) is 11.6. The molecule has 3 nitrogen and oxygen atoms in total. The van der Waals surface area contributed by atoms with Gasteiger partial charge in [0.2, 0.25) is 0 Å². The molecule has 0 aliphatic heterocycles. The number of aliphatic imine (C=N–C) groups is 2. The summed E-state index contributed by atoms with van der Waals surface area (Å²) < 4.78 is 5.90. The molecular weight excluding hydrogens is 272 g/mol. The van der Waals surface area contributed by atoms with Gasteiger partial charge >= 0.3 is 0 Å². The topological polar surface area (TPSA) is 34.0 Å². The molecular formula is C19H22N2O. The zero-order valence-electron chi connectivity index (χ0n) is 13.4. The number of nitrogens with zero attached hydrogens (tertiary/aromatic N) is 2. The van der Waals surface area contributed by atoms with Crippen LogP contribution in [0.3, 0.4) is 0 Å². The average Bonchev–Trinajstić information content (AvgIpc) is 2.52. The lowest BCUT2D eigenvalue weighted by Gasteiger charge is -2.08. The van der Waals surface area contributed by atoms with Crippen molar-refractivity contribution in [2.75, 3.05) is 7.05 Å². The molecule has 0 radical (unpaired) electrons. The second-order valence-electron chi connectivity index (χ2n) is 5.37. The monoisotopic (exact) mass is 294 g/mol.